The molecule has 6 heteroatoms. The van der Waals surface area contributed by atoms with Crippen molar-refractivity contribution in [2.24, 2.45) is 34.5 Å². The molecule has 2 spiro atoms. The average molecular weight is 347 g/mol. The van der Waals surface area contributed by atoms with Gasteiger partial charge in [-0.3, -0.25) is 0 Å². The number of aromatic nitrogens is 3. The minimum atomic E-state index is -0.130. The Morgan fingerprint density at radius 2 is 1.42 bits per heavy atom. The van der Waals surface area contributed by atoms with E-state index in [1.807, 2.05) is 39.7 Å². The summed E-state index contributed by atoms with van der Waals surface area (Å²) in [7, 11) is 0. The van der Waals surface area contributed by atoms with Crippen molar-refractivity contribution in [1.82, 2.24) is 13.9 Å². The molecule has 1 aromatic heterocycles. The van der Waals surface area contributed by atoms with Crippen LogP contribution in [0.25, 0.3) is 5.69 Å². The molecule has 5 aliphatic carbocycles. The Bertz CT molecular complexity index is 1120. The van der Waals surface area contributed by atoms with E-state index in [-0.39, 0.29) is 34.3 Å². The topological polar surface area (TPSA) is 61.5 Å². The van der Waals surface area contributed by atoms with Crippen molar-refractivity contribution in [1.29, 1.82) is 0 Å². The summed E-state index contributed by atoms with van der Waals surface area (Å²) in [5, 5.41) is 0. The van der Waals surface area contributed by atoms with Crippen LogP contribution in [0.1, 0.15) is 24.9 Å². The van der Waals surface area contributed by atoms with E-state index in [2.05, 4.69) is 0 Å². The molecule has 0 N–H and O–H groups in total. The van der Waals surface area contributed by atoms with Crippen LogP contribution in [-0.4, -0.2) is 26.1 Å². The summed E-state index contributed by atoms with van der Waals surface area (Å²) in [6, 6.07) is 9.88. The van der Waals surface area contributed by atoms with E-state index in [1.54, 1.807) is 0 Å². The lowest BCUT2D eigenvalue weighted by atomic mass is 9.65. The Hall–Kier alpha value is -2.08. The van der Waals surface area contributed by atoms with E-state index >= 15 is 0 Å². The number of fused-ring (bicyclic) bond motifs is 1. The number of rotatable bonds is 1. The summed E-state index contributed by atoms with van der Waals surface area (Å²) >= 11 is 0. The van der Waals surface area contributed by atoms with Gasteiger partial charge in [0.2, 0.25) is 0 Å². The molecule has 130 valence electrons. The van der Waals surface area contributed by atoms with Gasteiger partial charge in [0, 0.05) is 10.8 Å². The largest absolute Gasteiger partial charge is 0.370 e. The lowest BCUT2D eigenvalue weighted by Crippen LogP contribution is -2.54. The van der Waals surface area contributed by atoms with Crippen molar-refractivity contribution in [3.8, 4) is 5.69 Å². The van der Waals surface area contributed by atoms with Crippen LogP contribution in [0.3, 0.4) is 0 Å². The molecule has 4 heterocycles. The van der Waals surface area contributed by atoms with Crippen molar-refractivity contribution in [2.45, 2.75) is 37.1 Å². The van der Waals surface area contributed by atoms with Crippen molar-refractivity contribution >= 4 is 0 Å². The molecule has 1 aromatic carbocycles. The zero-order valence-electron chi connectivity index (χ0n) is 14.0. The van der Waals surface area contributed by atoms with E-state index in [1.165, 1.54) is 4.57 Å². The molecular formula is C20H17N3O3. The molecule has 6 fully saturated rings. The Morgan fingerprint density at radius 1 is 0.846 bits per heavy atom. The zero-order chi connectivity index (χ0) is 16.7. The van der Waals surface area contributed by atoms with Gasteiger partial charge in [0.05, 0.1) is 30.0 Å². The van der Waals surface area contributed by atoms with Crippen molar-refractivity contribution < 1.29 is 4.74 Å². The van der Waals surface area contributed by atoms with Gasteiger partial charge in [-0.15, -0.1) is 0 Å². The number of hydrogen-bond acceptors (Lipinski definition) is 3. The first-order valence-corrected chi connectivity index (χ1v) is 9.89. The maximum atomic E-state index is 13.4. The number of benzene rings is 1. The predicted molar refractivity (Wildman–Crippen MR) is 89.1 cm³/mol. The molecule has 5 saturated carbocycles. The second kappa shape index (κ2) is 3.07. The van der Waals surface area contributed by atoms with Crippen LogP contribution >= 0.6 is 0 Å². The SMILES string of the molecule is O=c1n(-c2ccccc2)c(=O)n2n1[C@H]1[C@H]3C4C5[C@@]16C[C@@H]1O[C@@H]1C[C@@]56[C@@H]2[C@@H]43. The fraction of sp³-hybridized carbons (Fsp3) is 0.600. The number of epoxide rings is 1. The molecule has 2 bridgehead atoms. The van der Waals surface area contributed by atoms with Gasteiger partial charge in [-0.1, -0.05) is 18.2 Å². The number of ether oxygens (including phenoxy) is 1. The molecule has 1 saturated heterocycles. The van der Waals surface area contributed by atoms with Gasteiger partial charge in [-0.05, 0) is 48.6 Å². The first kappa shape index (κ1) is 12.3. The highest BCUT2D eigenvalue weighted by molar-refractivity contribution is 5.51. The maximum Gasteiger partial charge on any atom is 0.352 e. The van der Waals surface area contributed by atoms with E-state index < -0.39 is 0 Å². The lowest BCUT2D eigenvalue weighted by Gasteiger charge is -2.49. The van der Waals surface area contributed by atoms with E-state index in [0.717, 1.165) is 24.7 Å². The van der Waals surface area contributed by atoms with E-state index in [0.29, 0.717) is 29.7 Å². The van der Waals surface area contributed by atoms with Crippen LogP contribution in [0, 0.1) is 34.5 Å². The smallest absolute Gasteiger partial charge is 0.352 e. The Kier molecular flexibility index (Phi) is 1.45. The predicted octanol–water partition coefficient (Wildman–Crippen LogP) is 0.950. The van der Waals surface area contributed by atoms with Crippen molar-refractivity contribution in [2.75, 3.05) is 0 Å². The molecule has 2 unspecified atom stereocenters. The summed E-state index contributed by atoms with van der Waals surface area (Å²) < 4.78 is 11.1. The standard InChI is InChI=1S/C20H17N3O3/c24-17-21(8-4-2-1-3-5-8)18(25)23-16-13-11-12(13)15(22(17)23)19-6-9-10(26-9)7-20(16,19)14(11)19/h1-5,9-16H,6-7H2/t9-,10+,11?,12-,13-,14?,15-,16-,19-,20-/m0/s1. The van der Waals surface area contributed by atoms with Crippen LogP contribution < -0.4 is 11.4 Å². The highest BCUT2D eigenvalue weighted by atomic mass is 16.6. The first-order valence-electron chi connectivity index (χ1n) is 9.89. The quantitative estimate of drug-likeness (QED) is 0.722. The van der Waals surface area contributed by atoms with Crippen LogP contribution in [0.2, 0.25) is 0 Å². The zero-order valence-corrected chi connectivity index (χ0v) is 14.0. The molecule has 10 atom stereocenters. The number of hydrogen-bond donors (Lipinski definition) is 0. The third-order valence-electron chi connectivity index (χ3n) is 9.57. The molecule has 10 rings (SSSR count). The summed E-state index contributed by atoms with van der Waals surface area (Å²) in [6.07, 6.45) is 3.10. The van der Waals surface area contributed by atoms with Gasteiger partial charge in [0.1, 0.15) is 0 Å². The third-order valence-corrected chi connectivity index (χ3v) is 9.57. The van der Waals surface area contributed by atoms with Crippen molar-refractivity contribution in [3.05, 3.63) is 51.3 Å². The minimum Gasteiger partial charge on any atom is -0.370 e. The molecule has 2 aromatic rings. The van der Waals surface area contributed by atoms with Gasteiger partial charge in [0.25, 0.3) is 0 Å². The summed E-state index contributed by atoms with van der Waals surface area (Å²) in [5.41, 5.74) is 0.955. The van der Waals surface area contributed by atoms with E-state index in [9.17, 15) is 9.59 Å². The minimum absolute atomic E-state index is 0.130. The van der Waals surface area contributed by atoms with Crippen LogP contribution in [0.15, 0.2) is 39.9 Å². The van der Waals surface area contributed by atoms with Gasteiger partial charge >= 0.3 is 11.4 Å². The summed E-state index contributed by atoms with van der Waals surface area (Å²) in [4.78, 5) is 26.8. The summed E-state index contributed by atoms with van der Waals surface area (Å²) in [6.45, 7) is 0. The average Bonchev–Trinajstić information content (AvgIpc) is 3.55. The normalized spacial score (nSPS) is 56.6. The van der Waals surface area contributed by atoms with Crippen LogP contribution in [-0.2, 0) is 4.74 Å². The highest BCUT2D eigenvalue weighted by Gasteiger charge is 3.04. The highest BCUT2D eigenvalue weighted by Crippen LogP contribution is 3.05. The molecule has 0 amide bonds. The Balaban J connectivity index is 1.38. The fourth-order valence-corrected chi connectivity index (χ4v) is 9.27. The molecule has 0 radical (unpaired) electrons. The van der Waals surface area contributed by atoms with Gasteiger partial charge in [-0.2, -0.15) is 0 Å². The Morgan fingerprint density at radius 3 is 2.00 bits per heavy atom. The third kappa shape index (κ3) is 0.839. The molecular weight excluding hydrogens is 330 g/mol. The maximum absolute atomic E-state index is 13.4. The monoisotopic (exact) mass is 347 g/mol. The molecule has 3 aliphatic heterocycles. The first-order chi connectivity index (χ1) is 12.7. The number of nitrogens with zero attached hydrogens (tertiary/aromatic N) is 3. The fourth-order valence-electron chi connectivity index (χ4n) is 9.27. The molecule has 8 aliphatic rings. The van der Waals surface area contributed by atoms with Gasteiger partial charge in [-0.25, -0.2) is 23.5 Å². The van der Waals surface area contributed by atoms with Gasteiger partial charge < -0.3 is 4.74 Å². The Labute approximate surface area is 148 Å². The number of para-hydroxylation sites is 1. The second-order valence-electron chi connectivity index (χ2n) is 9.73. The second-order valence-corrected chi connectivity index (χ2v) is 9.73. The van der Waals surface area contributed by atoms with Crippen LogP contribution in [0.5, 0.6) is 0 Å². The molecule has 6 nitrogen and oxygen atoms in total. The summed E-state index contributed by atoms with van der Waals surface area (Å²) in [5.74, 6) is 2.82. The van der Waals surface area contributed by atoms with Crippen LogP contribution in [0.4, 0.5) is 0 Å². The van der Waals surface area contributed by atoms with Gasteiger partial charge in [0.15, 0.2) is 0 Å². The molecule has 26 heavy (non-hydrogen) atoms. The van der Waals surface area contributed by atoms with E-state index in [4.69, 9.17) is 4.74 Å². The lowest BCUT2D eigenvalue weighted by molar-refractivity contribution is -0.0170. The van der Waals surface area contributed by atoms with Crippen molar-refractivity contribution in [3.63, 3.8) is 0 Å².